The van der Waals surface area contributed by atoms with Gasteiger partial charge >= 0.3 is 7.12 Å². The molecule has 0 bridgehead atoms. The van der Waals surface area contributed by atoms with Crippen molar-refractivity contribution in [3.05, 3.63) is 24.3 Å². The van der Waals surface area contributed by atoms with Gasteiger partial charge < -0.3 is 15.5 Å². The Morgan fingerprint density at radius 1 is 1.40 bits per heavy atom. The van der Waals surface area contributed by atoms with E-state index in [1.54, 1.807) is 24.3 Å². The molecule has 0 aliphatic heterocycles. The molecular weight excluding hydrogens is 129 g/mol. The van der Waals surface area contributed by atoms with Crippen molar-refractivity contribution < 1.29 is 10.0 Å². The van der Waals surface area contributed by atoms with Gasteiger partial charge in [-0.15, -0.1) is 0 Å². The predicted molar refractivity (Wildman–Crippen MR) is 39.9 cm³/mol. The third-order valence-corrected chi connectivity index (χ3v) is 1.39. The number of hydrogen-bond acceptors (Lipinski definition) is 3. The number of hydrogen-bond donors (Lipinski definition) is 3. The van der Waals surface area contributed by atoms with Crippen LogP contribution >= 0.6 is 0 Å². The van der Waals surface area contributed by atoms with Crippen molar-refractivity contribution in [3.63, 3.8) is 0 Å². The molecule has 0 saturated heterocycles. The third kappa shape index (κ3) is 1.34. The molecule has 0 aromatic carbocycles. The summed E-state index contributed by atoms with van der Waals surface area (Å²) < 4.78 is 0. The van der Waals surface area contributed by atoms with Crippen molar-refractivity contribution in [1.82, 2.24) is 0 Å². The molecular formula is C6H8BNO2. The van der Waals surface area contributed by atoms with Crippen LogP contribution in [0.3, 0.4) is 0 Å². The summed E-state index contributed by atoms with van der Waals surface area (Å²) in [4.78, 5) is 0. The molecule has 1 aliphatic carbocycles. The highest BCUT2D eigenvalue weighted by Gasteiger charge is 2.24. The van der Waals surface area contributed by atoms with Gasteiger partial charge in [-0.2, -0.15) is 0 Å². The fourth-order valence-corrected chi connectivity index (χ4v) is 0.818. The molecule has 0 radical (unpaired) electrons. The van der Waals surface area contributed by atoms with Crippen molar-refractivity contribution in [2.45, 2.75) is 5.82 Å². The Labute approximate surface area is 59.3 Å². The van der Waals surface area contributed by atoms with Gasteiger partial charge in [-0.3, -0.25) is 0 Å². The van der Waals surface area contributed by atoms with E-state index in [-0.39, 0.29) is 5.71 Å². The van der Waals surface area contributed by atoms with Crippen LogP contribution in [0.5, 0.6) is 0 Å². The van der Waals surface area contributed by atoms with Crippen LogP contribution < -0.4 is 0 Å². The van der Waals surface area contributed by atoms with Crippen LogP contribution in [0, 0.1) is 5.41 Å². The maximum atomic E-state index is 8.68. The highest BCUT2D eigenvalue weighted by molar-refractivity contribution is 6.51. The Morgan fingerprint density at radius 2 is 2.10 bits per heavy atom. The second kappa shape index (κ2) is 2.81. The van der Waals surface area contributed by atoms with Crippen molar-refractivity contribution in [3.8, 4) is 0 Å². The largest absolute Gasteiger partial charge is 0.465 e. The summed E-state index contributed by atoms with van der Waals surface area (Å²) in [6.07, 6.45) is 6.53. The highest BCUT2D eigenvalue weighted by Crippen LogP contribution is 2.15. The minimum Gasteiger partial charge on any atom is -0.426 e. The van der Waals surface area contributed by atoms with Gasteiger partial charge in [0.1, 0.15) is 0 Å². The summed E-state index contributed by atoms with van der Waals surface area (Å²) in [5, 5.41) is 24.6. The van der Waals surface area contributed by atoms with E-state index in [0.29, 0.717) is 0 Å². The van der Waals surface area contributed by atoms with E-state index in [1.807, 2.05) is 0 Å². The van der Waals surface area contributed by atoms with Gasteiger partial charge in [0, 0.05) is 5.71 Å². The molecule has 0 amide bonds. The fourth-order valence-electron chi connectivity index (χ4n) is 0.818. The van der Waals surface area contributed by atoms with Gasteiger partial charge in [-0.1, -0.05) is 18.2 Å². The molecule has 1 aliphatic rings. The standard InChI is InChI=1S/C6H8BNO2/c8-6-4-2-1-3-5(6)7(9)10/h1-5,8-10H. The molecule has 3 nitrogen and oxygen atoms in total. The van der Waals surface area contributed by atoms with Gasteiger partial charge in [0.25, 0.3) is 0 Å². The fraction of sp³-hybridized carbons (Fsp3) is 0.167. The normalized spacial score (nSPS) is 23.4. The van der Waals surface area contributed by atoms with Crippen LogP contribution in [-0.4, -0.2) is 22.9 Å². The Balaban J connectivity index is 2.70. The van der Waals surface area contributed by atoms with Crippen LogP contribution in [0.1, 0.15) is 0 Å². The SMILES string of the molecule is N=C1C=CC=CC1B(O)O. The molecule has 0 saturated carbocycles. The van der Waals surface area contributed by atoms with Crippen molar-refractivity contribution >= 4 is 12.8 Å². The van der Waals surface area contributed by atoms with Gasteiger partial charge in [-0.05, 0) is 6.08 Å². The topological polar surface area (TPSA) is 64.3 Å². The smallest absolute Gasteiger partial charge is 0.426 e. The first-order valence-corrected chi connectivity index (χ1v) is 3.01. The quantitative estimate of drug-likeness (QED) is 0.444. The zero-order valence-electron chi connectivity index (χ0n) is 5.36. The van der Waals surface area contributed by atoms with E-state index >= 15 is 0 Å². The summed E-state index contributed by atoms with van der Waals surface area (Å²) in [7, 11) is -1.45. The Morgan fingerprint density at radius 3 is 2.50 bits per heavy atom. The van der Waals surface area contributed by atoms with Crippen LogP contribution in [0.25, 0.3) is 0 Å². The van der Waals surface area contributed by atoms with Gasteiger partial charge in [0.2, 0.25) is 0 Å². The second-order valence-electron chi connectivity index (χ2n) is 2.14. The number of nitrogens with one attached hydrogen (secondary N) is 1. The average molecular weight is 137 g/mol. The van der Waals surface area contributed by atoms with Gasteiger partial charge in [0.05, 0.1) is 5.82 Å². The molecule has 0 aromatic rings. The number of allylic oxidation sites excluding steroid dienone is 4. The maximum absolute atomic E-state index is 8.68. The third-order valence-electron chi connectivity index (χ3n) is 1.39. The Bertz CT molecular complexity index is 198. The zero-order chi connectivity index (χ0) is 7.56. The van der Waals surface area contributed by atoms with E-state index in [1.165, 1.54) is 0 Å². The molecule has 0 spiro atoms. The lowest BCUT2D eigenvalue weighted by atomic mass is 9.68. The van der Waals surface area contributed by atoms with Gasteiger partial charge in [0.15, 0.2) is 0 Å². The summed E-state index contributed by atoms with van der Waals surface area (Å²) in [6, 6.07) is 0. The van der Waals surface area contributed by atoms with Crippen molar-refractivity contribution in [2.75, 3.05) is 0 Å². The van der Waals surface area contributed by atoms with Crippen LogP contribution in [-0.2, 0) is 0 Å². The molecule has 52 valence electrons. The first-order chi connectivity index (χ1) is 4.72. The average Bonchev–Trinajstić information content (AvgIpc) is 1.88. The minimum absolute atomic E-state index is 0.234. The molecule has 1 rings (SSSR count). The maximum Gasteiger partial charge on any atom is 0.465 e. The van der Waals surface area contributed by atoms with Crippen LogP contribution in [0.2, 0.25) is 5.82 Å². The van der Waals surface area contributed by atoms with E-state index in [4.69, 9.17) is 15.5 Å². The summed E-state index contributed by atoms with van der Waals surface area (Å²) >= 11 is 0. The molecule has 3 N–H and O–H groups in total. The lowest BCUT2D eigenvalue weighted by Crippen LogP contribution is -2.25. The molecule has 1 unspecified atom stereocenters. The first kappa shape index (κ1) is 7.24. The van der Waals surface area contributed by atoms with Crippen molar-refractivity contribution in [2.24, 2.45) is 0 Å². The van der Waals surface area contributed by atoms with Crippen LogP contribution in [0.4, 0.5) is 0 Å². The summed E-state index contributed by atoms with van der Waals surface area (Å²) in [6.45, 7) is 0. The second-order valence-corrected chi connectivity index (χ2v) is 2.14. The molecule has 10 heavy (non-hydrogen) atoms. The minimum atomic E-state index is -1.45. The zero-order valence-corrected chi connectivity index (χ0v) is 5.36. The summed E-state index contributed by atoms with van der Waals surface area (Å²) in [5.41, 5.74) is 0.234. The number of rotatable bonds is 1. The van der Waals surface area contributed by atoms with E-state index in [2.05, 4.69) is 0 Å². The Kier molecular flexibility index (Phi) is 2.04. The van der Waals surface area contributed by atoms with Crippen molar-refractivity contribution in [1.29, 1.82) is 5.41 Å². The lowest BCUT2D eigenvalue weighted by Gasteiger charge is -2.11. The predicted octanol–water partition coefficient (Wildman–Crippen LogP) is -0.0248. The molecule has 0 heterocycles. The monoisotopic (exact) mass is 137 g/mol. The first-order valence-electron chi connectivity index (χ1n) is 3.01. The van der Waals surface area contributed by atoms with Gasteiger partial charge in [-0.25, -0.2) is 0 Å². The molecule has 4 heteroatoms. The Hall–Kier alpha value is -0.865. The molecule has 1 atom stereocenters. The van der Waals surface area contributed by atoms with E-state index < -0.39 is 12.9 Å². The summed E-state index contributed by atoms with van der Waals surface area (Å²) in [5.74, 6) is -0.551. The highest BCUT2D eigenvalue weighted by atomic mass is 16.4. The molecule has 0 aromatic heterocycles. The van der Waals surface area contributed by atoms with Crippen LogP contribution in [0.15, 0.2) is 24.3 Å². The lowest BCUT2D eigenvalue weighted by molar-refractivity contribution is 0.405. The van der Waals surface area contributed by atoms with E-state index in [9.17, 15) is 0 Å². The molecule has 0 fully saturated rings. The van der Waals surface area contributed by atoms with E-state index in [0.717, 1.165) is 0 Å².